The summed E-state index contributed by atoms with van der Waals surface area (Å²) in [6.07, 6.45) is 0. The zero-order valence-corrected chi connectivity index (χ0v) is 9.22. The lowest BCUT2D eigenvalue weighted by Gasteiger charge is -2.03. The van der Waals surface area contributed by atoms with E-state index in [1.54, 1.807) is 0 Å². The largest absolute Gasteiger partial charge is 0.433 e. The normalized spacial score (nSPS) is 10.2. The average molecular weight is 268 g/mol. The number of furan rings is 1. The first kappa shape index (κ1) is 12.7. The van der Waals surface area contributed by atoms with E-state index in [1.165, 1.54) is 0 Å². The number of nitro groups is 1. The molecule has 0 radical (unpaired) electrons. The summed E-state index contributed by atoms with van der Waals surface area (Å²) in [6.45, 7) is 0. The lowest BCUT2D eigenvalue weighted by atomic mass is 10.3. The Bertz CT molecular complexity index is 654. The van der Waals surface area contributed by atoms with Crippen LogP contribution in [0.5, 0.6) is 0 Å². The van der Waals surface area contributed by atoms with Crippen molar-refractivity contribution in [3.8, 4) is 0 Å². The second-order valence-corrected chi connectivity index (χ2v) is 3.48. The van der Waals surface area contributed by atoms with Crippen LogP contribution in [-0.2, 0) is 0 Å². The van der Waals surface area contributed by atoms with Crippen LogP contribution in [0.25, 0.3) is 0 Å². The van der Waals surface area contributed by atoms with Crippen molar-refractivity contribution < 1.29 is 22.9 Å². The highest BCUT2D eigenvalue weighted by Gasteiger charge is 2.17. The molecule has 0 saturated carbocycles. The van der Waals surface area contributed by atoms with Gasteiger partial charge in [-0.05, 0) is 18.2 Å². The third kappa shape index (κ3) is 2.73. The number of rotatable bonds is 3. The Morgan fingerprint density at radius 2 is 1.95 bits per heavy atom. The van der Waals surface area contributed by atoms with E-state index < -0.39 is 28.3 Å². The van der Waals surface area contributed by atoms with E-state index in [9.17, 15) is 23.7 Å². The van der Waals surface area contributed by atoms with Gasteiger partial charge in [0, 0.05) is 11.8 Å². The molecule has 0 spiro atoms. The van der Waals surface area contributed by atoms with Crippen LogP contribution >= 0.6 is 0 Å². The van der Waals surface area contributed by atoms with Gasteiger partial charge in [-0.25, -0.2) is 8.78 Å². The van der Waals surface area contributed by atoms with E-state index in [2.05, 4.69) is 9.73 Å². The number of hydrogen-bond donors (Lipinski definition) is 1. The van der Waals surface area contributed by atoms with Crippen LogP contribution in [0.3, 0.4) is 0 Å². The summed E-state index contributed by atoms with van der Waals surface area (Å²) in [6, 6.07) is 4.89. The maximum Gasteiger partial charge on any atom is 0.433 e. The van der Waals surface area contributed by atoms with Crippen molar-refractivity contribution >= 4 is 17.5 Å². The molecule has 2 rings (SSSR count). The topological polar surface area (TPSA) is 85.4 Å². The molecule has 1 aromatic carbocycles. The van der Waals surface area contributed by atoms with Crippen LogP contribution in [-0.4, -0.2) is 10.8 Å². The fraction of sp³-hybridized carbons (Fsp3) is 0. The number of halogens is 2. The summed E-state index contributed by atoms with van der Waals surface area (Å²) in [5.41, 5.74) is 0.00273. The molecular weight excluding hydrogens is 262 g/mol. The number of benzene rings is 1. The second-order valence-electron chi connectivity index (χ2n) is 3.48. The highest BCUT2D eigenvalue weighted by atomic mass is 19.2. The number of anilines is 1. The van der Waals surface area contributed by atoms with Crippen LogP contribution < -0.4 is 5.32 Å². The van der Waals surface area contributed by atoms with Crippen molar-refractivity contribution in [3.63, 3.8) is 0 Å². The first-order valence-corrected chi connectivity index (χ1v) is 4.98. The lowest BCUT2D eigenvalue weighted by molar-refractivity contribution is -0.402. The SMILES string of the molecule is O=C(Nc1ccc(F)c(F)c1)c1ccc([N+](=O)[O-])o1. The molecule has 0 bridgehead atoms. The van der Waals surface area contributed by atoms with E-state index >= 15 is 0 Å². The summed E-state index contributed by atoms with van der Waals surface area (Å²) in [4.78, 5) is 21.2. The van der Waals surface area contributed by atoms with E-state index in [-0.39, 0.29) is 11.4 Å². The molecule has 2 aromatic rings. The number of nitrogens with one attached hydrogen (secondary N) is 1. The highest BCUT2D eigenvalue weighted by molar-refractivity contribution is 6.02. The van der Waals surface area contributed by atoms with E-state index in [1.807, 2.05) is 0 Å². The molecule has 1 N–H and O–H groups in total. The van der Waals surface area contributed by atoms with Crippen molar-refractivity contribution in [1.29, 1.82) is 0 Å². The number of amides is 1. The average Bonchev–Trinajstić information content (AvgIpc) is 2.83. The summed E-state index contributed by atoms with van der Waals surface area (Å²) in [7, 11) is 0. The third-order valence-corrected chi connectivity index (χ3v) is 2.17. The summed E-state index contributed by atoms with van der Waals surface area (Å²) >= 11 is 0. The van der Waals surface area contributed by atoms with Crippen molar-refractivity contribution in [3.05, 3.63) is 57.8 Å². The lowest BCUT2D eigenvalue weighted by Crippen LogP contribution is -2.11. The van der Waals surface area contributed by atoms with Gasteiger partial charge in [-0.15, -0.1) is 0 Å². The Morgan fingerprint density at radius 1 is 1.21 bits per heavy atom. The molecule has 1 aromatic heterocycles. The van der Waals surface area contributed by atoms with Gasteiger partial charge in [0.25, 0.3) is 5.91 Å². The quantitative estimate of drug-likeness (QED) is 0.685. The van der Waals surface area contributed by atoms with Crippen LogP contribution in [0, 0.1) is 21.7 Å². The van der Waals surface area contributed by atoms with Gasteiger partial charge in [0.2, 0.25) is 0 Å². The van der Waals surface area contributed by atoms with Crippen LogP contribution in [0.4, 0.5) is 20.4 Å². The minimum atomic E-state index is -1.12. The molecule has 8 heteroatoms. The molecule has 0 aliphatic carbocycles. The van der Waals surface area contributed by atoms with Crippen molar-refractivity contribution in [2.45, 2.75) is 0 Å². The van der Waals surface area contributed by atoms with Crippen molar-refractivity contribution in [2.24, 2.45) is 0 Å². The molecular formula is C11H6F2N2O4. The van der Waals surface area contributed by atoms with Crippen LogP contribution in [0.1, 0.15) is 10.6 Å². The molecule has 19 heavy (non-hydrogen) atoms. The zero-order valence-electron chi connectivity index (χ0n) is 9.22. The van der Waals surface area contributed by atoms with Gasteiger partial charge < -0.3 is 9.73 Å². The molecule has 1 heterocycles. The minimum Gasteiger partial charge on any atom is -0.395 e. The summed E-state index contributed by atoms with van der Waals surface area (Å²) in [5, 5.41) is 12.6. The molecule has 0 atom stereocenters. The molecule has 0 fully saturated rings. The first-order chi connectivity index (χ1) is 8.97. The zero-order chi connectivity index (χ0) is 14.0. The molecule has 0 aliphatic heterocycles. The Labute approximate surface area is 104 Å². The fourth-order valence-corrected chi connectivity index (χ4v) is 1.31. The van der Waals surface area contributed by atoms with Crippen LogP contribution in [0.2, 0.25) is 0 Å². The molecule has 1 amide bonds. The Balaban J connectivity index is 2.15. The van der Waals surface area contributed by atoms with Gasteiger partial charge in [0.15, 0.2) is 17.4 Å². The maximum absolute atomic E-state index is 12.9. The molecule has 0 aliphatic rings. The minimum absolute atomic E-state index is 0.00273. The predicted octanol–water partition coefficient (Wildman–Crippen LogP) is 2.72. The third-order valence-electron chi connectivity index (χ3n) is 2.17. The number of nitrogens with zero attached hydrogens (tertiary/aromatic N) is 1. The van der Waals surface area contributed by atoms with E-state index in [4.69, 9.17) is 0 Å². The molecule has 6 nitrogen and oxygen atoms in total. The summed E-state index contributed by atoms with van der Waals surface area (Å²) < 4.78 is 30.2. The maximum atomic E-state index is 12.9. The highest BCUT2D eigenvalue weighted by Crippen LogP contribution is 2.18. The van der Waals surface area contributed by atoms with Gasteiger partial charge in [-0.2, -0.15) is 0 Å². The smallest absolute Gasteiger partial charge is 0.395 e. The van der Waals surface area contributed by atoms with E-state index in [0.717, 1.165) is 30.3 Å². The first-order valence-electron chi connectivity index (χ1n) is 4.98. The predicted molar refractivity (Wildman–Crippen MR) is 59.7 cm³/mol. The van der Waals surface area contributed by atoms with Gasteiger partial charge in [0.05, 0.1) is 6.07 Å². The van der Waals surface area contributed by atoms with Gasteiger partial charge >= 0.3 is 5.88 Å². The Morgan fingerprint density at radius 3 is 2.53 bits per heavy atom. The van der Waals surface area contributed by atoms with Gasteiger partial charge in [-0.1, -0.05) is 0 Å². The standard InChI is InChI=1S/C11H6F2N2O4/c12-7-2-1-6(5-8(7)13)14-11(16)9-3-4-10(19-9)15(17)18/h1-5H,(H,14,16). The second kappa shape index (κ2) is 4.84. The molecule has 98 valence electrons. The monoisotopic (exact) mass is 268 g/mol. The van der Waals surface area contributed by atoms with Gasteiger partial charge in [0.1, 0.15) is 4.92 Å². The van der Waals surface area contributed by atoms with Gasteiger partial charge in [-0.3, -0.25) is 14.9 Å². The van der Waals surface area contributed by atoms with Crippen molar-refractivity contribution in [1.82, 2.24) is 0 Å². The molecule has 0 unspecified atom stereocenters. The Kier molecular flexibility index (Phi) is 3.23. The number of hydrogen-bond acceptors (Lipinski definition) is 4. The fourth-order valence-electron chi connectivity index (χ4n) is 1.31. The molecule has 0 saturated heterocycles. The van der Waals surface area contributed by atoms with E-state index in [0.29, 0.717) is 0 Å². The summed E-state index contributed by atoms with van der Waals surface area (Å²) in [5.74, 6) is -3.87. The van der Waals surface area contributed by atoms with Crippen LogP contribution in [0.15, 0.2) is 34.7 Å². The Hall–Kier alpha value is -2.77. The number of carbonyl (C=O) groups is 1. The number of carbonyl (C=O) groups excluding carboxylic acids is 1. The van der Waals surface area contributed by atoms with Crippen molar-refractivity contribution in [2.75, 3.05) is 5.32 Å².